The lowest BCUT2D eigenvalue weighted by molar-refractivity contribution is 0.389. The molecule has 0 heterocycles. The Kier molecular flexibility index (Phi) is 13.2. The fourth-order valence-corrected chi connectivity index (χ4v) is 3.16. The van der Waals surface area contributed by atoms with Gasteiger partial charge in [0.2, 0.25) is 0 Å². The van der Waals surface area contributed by atoms with E-state index in [0.29, 0.717) is 0 Å². The van der Waals surface area contributed by atoms with Crippen molar-refractivity contribution >= 4 is 0 Å². The van der Waals surface area contributed by atoms with Crippen LogP contribution in [0.25, 0.3) is 0 Å². The largest absolute Gasteiger partial charge is 0.0859 e. The second kappa shape index (κ2) is 13.4. The second-order valence-corrected chi connectivity index (χ2v) is 7.82. The zero-order valence-corrected chi connectivity index (χ0v) is 15.9. The number of rotatable bonds is 13. The van der Waals surface area contributed by atoms with E-state index in [-0.39, 0.29) is 0 Å². The minimum atomic E-state index is 0.877. The molecule has 0 saturated heterocycles. The van der Waals surface area contributed by atoms with E-state index in [9.17, 15) is 0 Å². The highest BCUT2D eigenvalue weighted by Gasteiger charge is 2.06. The fourth-order valence-electron chi connectivity index (χ4n) is 3.16. The third-order valence-corrected chi connectivity index (χ3v) is 4.69. The zero-order chi connectivity index (χ0) is 16.1. The van der Waals surface area contributed by atoms with Crippen LogP contribution in [0, 0.1) is 17.8 Å². The number of hydrogen-bond donors (Lipinski definition) is 0. The molecule has 0 amide bonds. The fraction of sp³-hybridized carbons (Fsp3) is 0.905. The van der Waals surface area contributed by atoms with Crippen LogP contribution in [0.5, 0.6) is 0 Å². The van der Waals surface area contributed by atoms with E-state index in [1.807, 2.05) is 0 Å². The molecule has 0 fully saturated rings. The van der Waals surface area contributed by atoms with E-state index >= 15 is 0 Å². The quantitative estimate of drug-likeness (QED) is 0.304. The molecule has 0 radical (unpaired) electrons. The summed E-state index contributed by atoms with van der Waals surface area (Å²) < 4.78 is 0. The molecule has 0 spiro atoms. The Balaban J connectivity index is 3.52. The van der Waals surface area contributed by atoms with E-state index in [1.54, 1.807) is 5.57 Å². The SMILES string of the molecule is CC/C=C(\C)CCC[C@@H](C)CCC[C@@H](C)CCCC(C)C. The molecule has 0 aliphatic carbocycles. The molecule has 0 aliphatic heterocycles. The standard InChI is InChI=1S/C21H42/c1-7-11-19(4)14-9-15-21(6)17-10-16-20(5)13-8-12-18(2)3/h11,18,20-21H,7-10,12-17H2,1-6H3/b19-11+/t20-,21+/m0/s1. The summed E-state index contributed by atoms with van der Waals surface area (Å²) in [5.41, 5.74) is 1.59. The first-order valence-electron chi connectivity index (χ1n) is 9.61. The molecule has 0 nitrogen and oxygen atoms in total. The Morgan fingerprint density at radius 1 is 0.762 bits per heavy atom. The smallest absolute Gasteiger partial charge is 0.0323 e. The van der Waals surface area contributed by atoms with Crippen molar-refractivity contribution < 1.29 is 0 Å². The summed E-state index contributed by atoms with van der Waals surface area (Å²) in [6.07, 6.45) is 16.3. The Hall–Kier alpha value is -0.260. The molecule has 0 bridgehead atoms. The van der Waals surface area contributed by atoms with Crippen LogP contribution in [0.15, 0.2) is 11.6 Å². The second-order valence-electron chi connectivity index (χ2n) is 7.82. The molecule has 0 heteroatoms. The number of allylic oxidation sites excluding steroid dienone is 2. The summed E-state index contributed by atoms with van der Waals surface area (Å²) in [7, 11) is 0. The van der Waals surface area contributed by atoms with Crippen molar-refractivity contribution in [2.24, 2.45) is 17.8 Å². The first-order valence-corrected chi connectivity index (χ1v) is 9.61. The molecule has 0 saturated carbocycles. The lowest BCUT2D eigenvalue weighted by atomic mass is 9.91. The maximum atomic E-state index is 2.45. The van der Waals surface area contributed by atoms with Crippen LogP contribution in [0.4, 0.5) is 0 Å². The van der Waals surface area contributed by atoms with Gasteiger partial charge in [-0.25, -0.2) is 0 Å². The predicted octanol–water partition coefficient (Wildman–Crippen LogP) is 7.78. The van der Waals surface area contributed by atoms with Gasteiger partial charge in [-0.15, -0.1) is 0 Å². The molecule has 0 rings (SSSR count). The Morgan fingerprint density at radius 2 is 1.24 bits per heavy atom. The van der Waals surface area contributed by atoms with Gasteiger partial charge in [0.1, 0.15) is 0 Å². The highest BCUT2D eigenvalue weighted by molar-refractivity contribution is 4.96. The van der Waals surface area contributed by atoms with Gasteiger partial charge in [0.15, 0.2) is 0 Å². The van der Waals surface area contributed by atoms with Crippen LogP contribution in [0.1, 0.15) is 106 Å². The van der Waals surface area contributed by atoms with Gasteiger partial charge < -0.3 is 0 Å². The predicted molar refractivity (Wildman–Crippen MR) is 98.8 cm³/mol. The summed E-state index contributed by atoms with van der Waals surface area (Å²) in [6.45, 7) is 14.1. The van der Waals surface area contributed by atoms with Gasteiger partial charge in [-0.1, -0.05) is 91.2 Å². The van der Waals surface area contributed by atoms with Crippen molar-refractivity contribution in [2.45, 2.75) is 106 Å². The average molecular weight is 295 g/mol. The summed E-state index contributed by atoms with van der Waals surface area (Å²) >= 11 is 0. The molecular formula is C21H42. The monoisotopic (exact) mass is 294 g/mol. The maximum Gasteiger partial charge on any atom is -0.0323 e. The highest BCUT2D eigenvalue weighted by atomic mass is 14.1. The van der Waals surface area contributed by atoms with Crippen molar-refractivity contribution in [1.29, 1.82) is 0 Å². The highest BCUT2D eigenvalue weighted by Crippen LogP contribution is 2.22. The lowest BCUT2D eigenvalue weighted by Gasteiger charge is -2.15. The van der Waals surface area contributed by atoms with Crippen LogP contribution in [0.3, 0.4) is 0 Å². The van der Waals surface area contributed by atoms with Crippen LogP contribution >= 0.6 is 0 Å². The number of hydrogen-bond acceptors (Lipinski definition) is 0. The van der Waals surface area contributed by atoms with Gasteiger partial charge in [0, 0.05) is 0 Å². The van der Waals surface area contributed by atoms with Crippen molar-refractivity contribution in [1.82, 2.24) is 0 Å². The summed E-state index contributed by atoms with van der Waals surface area (Å²) in [4.78, 5) is 0. The van der Waals surface area contributed by atoms with Crippen LogP contribution in [-0.2, 0) is 0 Å². The lowest BCUT2D eigenvalue weighted by Crippen LogP contribution is -2.00. The molecule has 0 aliphatic rings. The minimum Gasteiger partial charge on any atom is -0.0859 e. The molecule has 0 aromatic carbocycles. The van der Waals surface area contributed by atoms with Gasteiger partial charge in [-0.05, 0) is 43.9 Å². The van der Waals surface area contributed by atoms with E-state index < -0.39 is 0 Å². The van der Waals surface area contributed by atoms with Crippen LogP contribution < -0.4 is 0 Å². The van der Waals surface area contributed by atoms with Crippen LogP contribution in [-0.4, -0.2) is 0 Å². The molecule has 2 atom stereocenters. The van der Waals surface area contributed by atoms with Crippen molar-refractivity contribution in [3.05, 3.63) is 11.6 Å². The molecule has 126 valence electrons. The first-order chi connectivity index (χ1) is 9.95. The van der Waals surface area contributed by atoms with Crippen molar-refractivity contribution in [3.8, 4) is 0 Å². The molecular weight excluding hydrogens is 252 g/mol. The topological polar surface area (TPSA) is 0 Å². The van der Waals surface area contributed by atoms with Gasteiger partial charge in [0.05, 0.1) is 0 Å². The van der Waals surface area contributed by atoms with E-state index in [2.05, 4.69) is 47.6 Å². The average Bonchev–Trinajstić information content (AvgIpc) is 2.38. The minimum absolute atomic E-state index is 0.877. The zero-order valence-electron chi connectivity index (χ0n) is 15.9. The van der Waals surface area contributed by atoms with Crippen molar-refractivity contribution in [3.63, 3.8) is 0 Å². The Labute approximate surface area is 135 Å². The summed E-state index contributed by atoms with van der Waals surface area (Å²) in [6, 6.07) is 0. The molecule has 0 aromatic heterocycles. The molecule has 0 unspecified atom stereocenters. The van der Waals surface area contributed by atoms with Gasteiger partial charge >= 0.3 is 0 Å². The van der Waals surface area contributed by atoms with E-state index in [1.165, 1.54) is 64.2 Å². The van der Waals surface area contributed by atoms with Gasteiger partial charge in [-0.2, -0.15) is 0 Å². The van der Waals surface area contributed by atoms with Gasteiger partial charge in [0.25, 0.3) is 0 Å². The Bertz CT molecular complexity index is 249. The van der Waals surface area contributed by atoms with E-state index in [4.69, 9.17) is 0 Å². The normalized spacial score (nSPS) is 15.5. The third-order valence-electron chi connectivity index (χ3n) is 4.69. The molecule has 0 N–H and O–H groups in total. The third kappa shape index (κ3) is 14.4. The van der Waals surface area contributed by atoms with Crippen molar-refractivity contribution in [2.75, 3.05) is 0 Å². The molecule has 0 aromatic rings. The van der Waals surface area contributed by atoms with Gasteiger partial charge in [-0.3, -0.25) is 0 Å². The van der Waals surface area contributed by atoms with Crippen LogP contribution in [0.2, 0.25) is 0 Å². The molecule has 21 heavy (non-hydrogen) atoms. The maximum absolute atomic E-state index is 2.45. The van der Waals surface area contributed by atoms with E-state index in [0.717, 1.165) is 17.8 Å². The first kappa shape index (κ1) is 20.7. The summed E-state index contributed by atoms with van der Waals surface area (Å²) in [5, 5.41) is 0. The summed E-state index contributed by atoms with van der Waals surface area (Å²) in [5.74, 6) is 2.73. The Morgan fingerprint density at radius 3 is 1.71 bits per heavy atom.